The number of aromatic amines is 1. The number of aliphatic imine (C=N–C) groups is 1. The molecule has 0 aliphatic heterocycles. The van der Waals surface area contributed by atoms with Crippen molar-refractivity contribution in [3.63, 3.8) is 0 Å². The maximum atomic E-state index is 12.9. The topological polar surface area (TPSA) is 133 Å². The third-order valence-corrected chi connectivity index (χ3v) is 5.01. The largest absolute Gasteiger partial charge is 0.407 e. The molecule has 1 aromatic carbocycles. The second kappa shape index (κ2) is 11.3. The number of nitrogens with one attached hydrogen (secondary N) is 2. The van der Waals surface area contributed by atoms with Crippen molar-refractivity contribution in [2.24, 2.45) is 16.5 Å². The standard InChI is InChI=1S/C20H24F3N5O.C2H3N/c21-20(22,23)17(24)12-5-4-8-14(11-12)28-18(25)16-15(9-10-26-19(16)29)27-13-6-2-1-3-7-13;1-2-3/h4-5,8-11,13,17H,1-3,6-7,24H2,(H2,25,28)(H2,26,27,29);1H3/t17-;/m1./s1. The van der Waals surface area contributed by atoms with Gasteiger partial charge in [0, 0.05) is 19.2 Å². The van der Waals surface area contributed by atoms with E-state index in [4.69, 9.17) is 16.7 Å². The van der Waals surface area contributed by atoms with Crippen LogP contribution in [0, 0.1) is 11.3 Å². The molecular formula is C22H27F3N6O. The number of halogens is 3. The highest BCUT2D eigenvalue weighted by atomic mass is 19.4. The molecule has 2 aromatic rings. The molecule has 6 N–H and O–H groups in total. The van der Waals surface area contributed by atoms with Crippen LogP contribution in [0.25, 0.3) is 0 Å². The van der Waals surface area contributed by atoms with Crippen LogP contribution in [0.3, 0.4) is 0 Å². The monoisotopic (exact) mass is 448 g/mol. The van der Waals surface area contributed by atoms with Crippen molar-refractivity contribution in [2.75, 3.05) is 5.32 Å². The van der Waals surface area contributed by atoms with E-state index in [0.29, 0.717) is 5.69 Å². The van der Waals surface area contributed by atoms with Crippen LogP contribution in [0.4, 0.5) is 24.5 Å². The van der Waals surface area contributed by atoms with E-state index in [1.54, 1.807) is 12.1 Å². The van der Waals surface area contributed by atoms with Crippen molar-refractivity contribution in [1.82, 2.24) is 4.98 Å². The number of amidine groups is 1. The third-order valence-electron chi connectivity index (χ3n) is 5.01. The predicted octanol–water partition coefficient (Wildman–Crippen LogP) is 4.25. The molecule has 0 unspecified atom stereocenters. The Balaban J connectivity index is 0.00000114. The lowest BCUT2D eigenvalue weighted by Crippen LogP contribution is -2.30. The SMILES string of the molecule is CC#N.NC(=Nc1cccc([C@@H](N)C(F)(F)F)c1)c1c(NC2CCCCC2)cc[nH]c1=O. The van der Waals surface area contributed by atoms with Gasteiger partial charge in [0.15, 0.2) is 0 Å². The predicted molar refractivity (Wildman–Crippen MR) is 119 cm³/mol. The van der Waals surface area contributed by atoms with Crippen LogP contribution in [-0.2, 0) is 0 Å². The van der Waals surface area contributed by atoms with Gasteiger partial charge in [-0.25, -0.2) is 4.99 Å². The Hall–Kier alpha value is -3.32. The minimum absolute atomic E-state index is 0.0807. The summed E-state index contributed by atoms with van der Waals surface area (Å²) in [5.41, 5.74) is 11.7. The number of H-pyrrole nitrogens is 1. The number of nitrogens with zero attached hydrogens (tertiary/aromatic N) is 2. The number of hydrogen-bond acceptors (Lipinski definition) is 5. The van der Waals surface area contributed by atoms with Crippen LogP contribution in [0.2, 0.25) is 0 Å². The van der Waals surface area contributed by atoms with Crippen LogP contribution >= 0.6 is 0 Å². The first-order valence-corrected chi connectivity index (χ1v) is 10.2. The molecule has 0 radical (unpaired) electrons. The molecule has 10 heteroatoms. The van der Waals surface area contributed by atoms with E-state index in [2.05, 4.69) is 15.3 Å². The average molecular weight is 448 g/mol. The maximum absolute atomic E-state index is 12.9. The van der Waals surface area contributed by atoms with Gasteiger partial charge in [-0.15, -0.1) is 0 Å². The van der Waals surface area contributed by atoms with Gasteiger partial charge in [-0.3, -0.25) is 4.79 Å². The Morgan fingerprint density at radius 2 is 1.94 bits per heavy atom. The fourth-order valence-corrected chi connectivity index (χ4v) is 3.49. The van der Waals surface area contributed by atoms with E-state index in [9.17, 15) is 18.0 Å². The molecule has 172 valence electrons. The van der Waals surface area contributed by atoms with Gasteiger partial charge in [0.25, 0.3) is 5.56 Å². The minimum atomic E-state index is -4.57. The Labute approximate surface area is 184 Å². The van der Waals surface area contributed by atoms with E-state index in [-0.39, 0.29) is 28.7 Å². The van der Waals surface area contributed by atoms with Gasteiger partial charge >= 0.3 is 6.18 Å². The highest BCUT2D eigenvalue weighted by Crippen LogP contribution is 2.32. The first kappa shape index (κ1) is 24.9. The number of alkyl halides is 3. The summed E-state index contributed by atoms with van der Waals surface area (Å²) in [4.78, 5) is 19.1. The molecule has 1 fully saturated rings. The van der Waals surface area contributed by atoms with Crippen LogP contribution in [-0.4, -0.2) is 23.0 Å². The number of benzene rings is 1. The van der Waals surface area contributed by atoms with Gasteiger partial charge in [-0.1, -0.05) is 31.4 Å². The molecule has 1 aromatic heterocycles. The van der Waals surface area contributed by atoms with Crippen LogP contribution in [0.1, 0.15) is 56.2 Å². The molecule has 0 amide bonds. The second-order valence-corrected chi connectivity index (χ2v) is 7.41. The summed E-state index contributed by atoms with van der Waals surface area (Å²) < 4.78 is 38.6. The zero-order chi connectivity index (χ0) is 23.7. The third kappa shape index (κ3) is 6.85. The van der Waals surface area contributed by atoms with Crippen LogP contribution < -0.4 is 22.3 Å². The molecule has 0 bridgehead atoms. The number of aromatic nitrogens is 1. The second-order valence-electron chi connectivity index (χ2n) is 7.41. The van der Waals surface area contributed by atoms with Crippen molar-refractivity contribution in [2.45, 2.75) is 57.3 Å². The molecule has 7 nitrogen and oxygen atoms in total. The lowest BCUT2D eigenvalue weighted by molar-refractivity contribution is -0.149. The van der Waals surface area contributed by atoms with Gasteiger partial charge in [0.2, 0.25) is 0 Å². The van der Waals surface area contributed by atoms with E-state index in [1.165, 1.54) is 43.8 Å². The summed E-state index contributed by atoms with van der Waals surface area (Å²) in [5, 5.41) is 10.7. The summed E-state index contributed by atoms with van der Waals surface area (Å²) in [6, 6.07) is 7.00. The molecule has 1 heterocycles. The Morgan fingerprint density at radius 3 is 2.56 bits per heavy atom. The number of nitriles is 1. The molecular weight excluding hydrogens is 421 g/mol. The molecule has 3 rings (SSSR count). The molecule has 32 heavy (non-hydrogen) atoms. The number of anilines is 1. The molecule has 1 aliphatic carbocycles. The Bertz CT molecular complexity index is 1020. The van der Waals surface area contributed by atoms with Crippen molar-refractivity contribution in [1.29, 1.82) is 5.26 Å². The summed E-state index contributed by atoms with van der Waals surface area (Å²) in [5.74, 6) is -0.0807. The lowest BCUT2D eigenvalue weighted by Gasteiger charge is -2.24. The molecule has 1 aliphatic rings. The number of nitrogens with two attached hydrogens (primary N) is 2. The Kier molecular flexibility index (Phi) is 8.84. The zero-order valence-corrected chi connectivity index (χ0v) is 17.7. The van der Waals surface area contributed by atoms with Crippen molar-refractivity contribution in [3.05, 3.63) is 58.0 Å². The zero-order valence-electron chi connectivity index (χ0n) is 17.7. The fraction of sp³-hybridized carbons (Fsp3) is 0.409. The van der Waals surface area contributed by atoms with Gasteiger partial charge in [-0.2, -0.15) is 18.4 Å². The molecule has 1 saturated carbocycles. The van der Waals surface area contributed by atoms with E-state index in [1.807, 2.05) is 0 Å². The summed E-state index contributed by atoms with van der Waals surface area (Å²) in [6.07, 6.45) is 2.38. The number of rotatable bonds is 5. The summed E-state index contributed by atoms with van der Waals surface area (Å²) in [7, 11) is 0. The highest BCUT2D eigenvalue weighted by Gasteiger charge is 2.37. The Morgan fingerprint density at radius 1 is 1.28 bits per heavy atom. The van der Waals surface area contributed by atoms with Gasteiger partial charge in [-0.05, 0) is 36.6 Å². The van der Waals surface area contributed by atoms with Crippen molar-refractivity contribution in [3.8, 4) is 6.07 Å². The number of hydrogen-bond donors (Lipinski definition) is 4. The van der Waals surface area contributed by atoms with Crippen LogP contribution in [0.15, 0.2) is 46.3 Å². The maximum Gasteiger partial charge on any atom is 0.407 e. The van der Waals surface area contributed by atoms with Crippen molar-refractivity contribution >= 4 is 17.2 Å². The molecule has 0 spiro atoms. The molecule has 1 atom stereocenters. The normalized spacial score (nSPS) is 15.8. The summed E-state index contributed by atoms with van der Waals surface area (Å²) >= 11 is 0. The van der Waals surface area contributed by atoms with Gasteiger partial charge in [0.1, 0.15) is 17.4 Å². The quantitative estimate of drug-likeness (QED) is 0.401. The lowest BCUT2D eigenvalue weighted by atomic mass is 9.95. The minimum Gasteiger partial charge on any atom is -0.383 e. The first-order chi connectivity index (χ1) is 15.2. The average Bonchev–Trinajstić information content (AvgIpc) is 2.74. The van der Waals surface area contributed by atoms with Crippen LogP contribution in [0.5, 0.6) is 0 Å². The van der Waals surface area contributed by atoms with Gasteiger partial charge < -0.3 is 21.8 Å². The summed E-state index contributed by atoms with van der Waals surface area (Å²) in [6.45, 7) is 1.43. The van der Waals surface area contributed by atoms with E-state index < -0.39 is 17.8 Å². The van der Waals surface area contributed by atoms with E-state index >= 15 is 0 Å². The smallest absolute Gasteiger partial charge is 0.383 e. The first-order valence-electron chi connectivity index (χ1n) is 10.2. The number of pyridine rings is 1. The van der Waals surface area contributed by atoms with Crippen molar-refractivity contribution < 1.29 is 13.2 Å². The highest BCUT2D eigenvalue weighted by molar-refractivity contribution is 6.03. The van der Waals surface area contributed by atoms with E-state index in [0.717, 1.165) is 25.7 Å². The fourth-order valence-electron chi connectivity index (χ4n) is 3.49. The van der Waals surface area contributed by atoms with Gasteiger partial charge in [0.05, 0.1) is 17.4 Å². The molecule has 0 saturated heterocycles.